The predicted octanol–water partition coefficient (Wildman–Crippen LogP) is 0.175. The van der Waals surface area contributed by atoms with Gasteiger partial charge in [-0.05, 0) is 14.0 Å². The smallest absolute Gasteiger partial charge is 0.240 e. The van der Waals surface area contributed by atoms with Gasteiger partial charge in [0, 0.05) is 31.6 Å². The zero-order chi connectivity index (χ0) is 15.2. The molecule has 0 saturated carbocycles. The van der Waals surface area contributed by atoms with E-state index in [2.05, 4.69) is 15.6 Å². The fraction of sp³-hybridized carbons (Fsp3) is 0.615. The lowest BCUT2D eigenvalue weighted by Gasteiger charge is -2.29. The van der Waals surface area contributed by atoms with Crippen molar-refractivity contribution in [2.45, 2.75) is 6.92 Å². The highest BCUT2D eigenvalue weighted by Crippen LogP contribution is 2.13. The van der Waals surface area contributed by atoms with Gasteiger partial charge in [-0.15, -0.1) is 23.7 Å². The Balaban J connectivity index is 0.00000242. The van der Waals surface area contributed by atoms with Gasteiger partial charge in [0.05, 0.1) is 18.8 Å². The molecule has 0 aliphatic carbocycles. The maximum atomic E-state index is 12.1. The average Bonchev–Trinajstić information content (AvgIpc) is 2.84. The summed E-state index contributed by atoms with van der Waals surface area (Å²) in [5.41, 5.74) is 0.887. The third-order valence-corrected chi connectivity index (χ3v) is 4.03. The van der Waals surface area contributed by atoms with Gasteiger partial charge in [0.1, 0.15) is 0 Å². The molecule has 1 fully saturated rings. The second-order valence-electron chi connectivity index (χ2n) is 5.15. The molecule has 1 aromatic heterocycles. The van der Waals surface area contributed by atoms with Crippen LogP contribution in [0.15, 0.2) is 5.38 Å². The van der Waals surface area contributed by atoms with Crippen LogP contribution in [0.4, 0.5) is 5.13 Å². The summed E-state index contributed by atoms with van der Waals surface area (Å²) in [6, 6.07) is 0. The van der Waals surface area contributed by atoms with Crippen molar-refractivity contribution in [1.82, 2.24) is 20.1 Å². The summed E-state index contributed by atoms with van der Waals surface area (Å²) in [5, 5.41) is 8.42. The van der Waals surface area contributed by atoms with Gasteiger partial charge in [-0.2, -0.15) is 0 Å². The standard InChI is InChI=1S/C13H21N5O2S.ClH/c1-10-9-21-13(15-10)16-11(19)7-17(2)8-12(20)18-5-3-14-4-6-18;/h9,14H,3-8H2,1-2H3,(H,15,16,19);1H. The van der Waals surface area contributed by atoms with E-state index in [1.165, 1.54) is 11.3 Å². The molecule has 124 valence electrons. The second-order valence-corrected chi connectivity index (χ2v) is 6.00. The number of carbonyl (C=O) groups excluding carboxylic acids is 2. The number of nitrogens with one attached hydrogen (secondary N) is 2. The Hall–Kier alpha value is -1.22. The topological polar surface area (TPSA) is 77.6 Å². The van der Waals surface area contributed by atoms with Crippen molar-refractivity contribution in [2.75, 3.05) is 51.6 Å². The molecule has 0 atom stereocenters. The normalized spacial score (nSPS) is 14.6. The Bertz CT molecular complexity index is 504. The number of hydrogen-bond acceptors (Lipinski definition) is 6. The molecule has 9 heteroatoms. The summed E-state index contributed by atoms with van der Waals surface area (Å²) in [6.45, 7) is 5.44. The summed E-state index contributed by atoms with van der Waals surface area (Å²) in [6.07, 6.45) is 0. The number of rotatable bonds is 5. The number of anilines is 1. The zero-order valence-electron chi connectivity index (χ0n) is 12.8. The average molecular weight is 348 g/mol. The van der Waals surface area contributed by atoms with E-state index in [9.17, 15) is 9.59 Å². The van der Waals surface area contributed by atoms with Crippen LogP contribution in [0.2, 0.25) is 0 Å². The van der Waals surface area contributed by atoms with Crippen molar-refractivity contribution in [3.63, 3.8) is 0 Å². The van der Waals surface area contributed by atoms with Crippen molar-refractivity contribution >= 4 is 40.7 Å². The number of nitrogens with zero attached hydrogens (tertiary/aromatic N) is 3. The van der Waals surface area contributed by atoms with Crippen LogP contribution in [0.25, 0.3) is 0 Å². The number of amides is 2. The van der Waals surface area contributed by atoms with Crippen LogP contribution in [-0.2, 0) is 9.59 Å². The lowest BCUT2D eigenvalue weighted by atomic mass is 10.3. The van der Waals surface area contributed by atoms with Crippen LogP contribution in [-0.4, -0.2) is 72.9 Å². The highest BCUT2D eigenvalue weighted by Gasteiger charge is 2.18. The Morgan fingerprint density at radius 3 is 2.68 bits per heavy atom. The van der Waals surface area contributed by atoms with Gasteiger partial charge in [0.15, 0.2) is 5.13 Å². The van der Waals surface area contributed by atoms with Crippen LogP contribution in [0.1, 0.15) is 5.69 Å². The first-order chi connectivity index (χ1) is 10.0. The van der Waals surface area contributed by atoms with Gasteiger partial charge in [0.2, 0.25) is 11.8 Å². The molecule has 1 aliphatic rings. The number of likely N-dealkylation sites (N-methyl/N-ethyl adjacent to an activating group) is 1. The van der Waals surface area contributed by atoms with E-state index in [4.69, 9.17) is 0 Å². The summed E-state index contributed by atoms with van der Waals surface area (Å²) >= 11 is 1.40. The Morgan fingerprint density at radius 1 is 1.41 bits per heavy atom. The molecule has 0 bridgehead atoms. The molecule has 2 amide bonds. The molecule has 0 unspecified atom stereocenters. The Labute approximate surface area is 140 Å². The minimum Gasteiger partial charge on any atom is -0.339 e. The highest BCUT2D eigenvalue weighted by molar-refractivity contribution is 7.13. The van der Waals surface area contributed by atoms with Gasteiger partial charge < -0.3 is 15.5 Å². The third-order valence-electron chi connectivity index (χ3n) is 3.15. The van der Waals surface area contributed by atoms with E-state index >= 15 is 0 Å². The maximum absolute atomic E-state index is 12.1. The van der Waals surface area contributed by atoms with Crippen molar-refractivity contribution < 1.29 is 9.59 Å². The number of aromatic nitrogens is 1. The van der Waals surface area contributed by atoms with Gasteiger partial charge in [-0.3, -0.25) is 14.5 Å². The van der Waals surface area contributed by atoms with Gasteiger partial charge in [-0.25, -0.2) is 4.98 Å². The molecule has 0 aromatic carbocycles. The van der Waals surface area contributed by atoms with Crippen LogP contribution < -0.4 is 10.6 Å². The minimum atomic E-state index is -0.153. The zero-order valence-corrected chi connectivity index (χ0v) is 14.4. The molecule has 1 aromatic rings. The van der Waals surface area contributed by atoms with Gasteiger partial charge in [-0.1, -0.05) is 0 Å². The molecule has 2 N–H and O–H groups in total. The van der Waals surface area contributed by atoms with E-state index in [1.807, 2.05) is 17.2 Å². The lowest BCUT2D eigenvalue weighted by Crippen LogP contribution is -2.49. The first-order valence-corrected chi connectivity index (χ1v) is 7.81. The Morgan fingerprint density at radius 2 is 2.09 bits per heavy atom. The number of hydrogen-bond donors (Lipinski definition) is 2. The maximum Gasteiger partial charge on any atom is 0.240 e. The number of aryl methyl sites for hydroxylation is 1. The molecule has 2 rings (SSSR count). The summed E-state index contributed by atoms with van der Waals surface area (Å²) in [5.74, 6) is -0.0862. The van der Waals surface area contributed by atoms with Crippen molar-refractivity contribution in [3.05, 3.63) is 11.1 Å². The fourth-order valence-electron chi connectivity index (χ4n) is 2.12. The molecule has 0 radical (unpaired) electrons. The van der Waals surface area contributed by atoms with Gasteiger partial charge >= 0.3 is 0 Å². The molecule has 22 heavy (non-hydrogen) atoms. The number of thiazole rings is 1. The van der Waals surface area contributed by atoms with Crippen molar-refractivity contribution in [3.8, 4) is 0 Å². The number of piperazine rings is 1. The monoisotopic (exact) mass is 347 g/mol. The first kappa shape index (κ1) is 18.8. The van der Waals surface area contributed by atoms with Crippen LogP contribution in [0.3, 0.4) is 0 Å². The van der Waals surface area contributed by atoms with Crippen molar-refractivity contribution in [2.24, 2.45) is 0 Å². The molecular formula is C13H22ClN5O2S. The molecule has 7 nitrogen and oxygen atoms in total. The van der Waals surface area contributed by atoms with E-state index in [-0.39, 0.29) is 37.3 Å². The molecule has 1 saturated heterocycles. The summed E-state index contributed by atoms with van der Waals surface area (Å²) in [7, 11) is 1.77. The second kappa shape index (κ2) is 9.04. The van der Waals surface area contributed by atoms with E-state index < -0.39 is 0 Å². The number of carbonyl (C=O) groups is 2. The lowest BCUT2D eigenvalue weighted by molar-refractivity contribution is -0.133. The van der Waals surface area contributed by atoms with Crippen molar-refractivity contribution in [1.29, 1.82) is 0 Å². The number of halogens is 1. The van der Waals surface area contributed by atoms with E-state index in [1.54, 1.807) is 11.9 Å². The third kappa shape index (κ3) is 5.88. The minimum absolute atomic E-state index is 0. The molecular weight excluding hydrogens is 326 g/mol. The largest absolute Gasteiger partial charge is 0.339 e. The van der Waals surface area contributed by atoms with E-state index in [0.29, 0.717) is 5.13 Å². The molecule has 1 aliphatic heterocycles. The highest BCUT2D eigenvalue weighted by atomic mass is 35.5. The Kier molecular flexibility index (Phi) is 7.74. The van der Waals surface area contributed by atoms with Gasteiger partial charge in [0.25, 0.3) is 0 Å². The predicted molar refractivity (Wildman–Crippen MR) is 89.7 cm³/mol. The SMILES string of the molecule is Cc1csc(NC(=O)CN(C)CC(=O)N2CCNCC2)n1.Cl. The molecule has 0 spiro atoms. The van der Waals surface area contributed by atoms with Crippen LogP contribution >= 0.6 is 23.7 Å². The van der Waals surface area contributed by atoms with Crippen LogP contribution in [0, 0.1) is 6.92 Å². The van der Waals surface area contributed by atoms with Crippen LogP contribution in [0.5, 0.6) is 0 Å². The van der Waals surface area contributed by atoms with E-state index in [0.717, 1.165) is 31.9 Å². The first-order valence-electron chi connectivity index (χ1n) is 6.93. The summed E-state index contributed by atoms with van der Waals surface area (Å²) in [4.78, 5) is 31.7. The quantitative estimate of drug-likeness (QED) is 0.794. The fourth-order valence-corrected chi connectivity index (χ4v) is 2.82. The summed E-state index contributed by atoms with van der Waals surface area (Å²) < 4.78 is 0. The molecule has 2 heterocycles.